The number of carbonyl (C=O) groups excluding carboxylic acids is 4. The quantitative estimate of drug-likeness (QED) is 0.582. The molecule has 0 aromatic heterocycles. The lowest BCUT2D eigenvalue weighted by Gasteiger charge is -2.27. The first kappa shape index (κ1) is 19.6. The third-order valence-corrected chi connectivity index (χ3v) is 7.01. The Balaban J connectivity index is 1.64. The molecule has 0 radical (unpaired) electrons. The fourth-order valence-electron chi connectivity index (χ4n) is 5.55. The molecule has 3 aliphatic rings. The molecule has 7 heteroatoms. The van der Waals surface area contributed by atoms with Crippen LogP contribution in [0.4, 0.5) is 11.4 Å². The Labute approximate surface area is 179 Å². The van der Waals surface area contributed by atoms with Gasteiger partial charge in [-0.1, -0.05) is 32.0 Å². The number of imide groups is 1. The van der Waals surface area contributed by atoms with Crippen molar-refractivity contribution in [2.75, 3.05) is 10.2 Å². The molecule has 2 aromatic rings. The molecule has 3 heterocycles. The van der Waals surface area contributed by atoms with Gasteiger partial charge in [0.05, 0.1) is 11.4 Å². The van der Waals surface area contributed by atoms with Gasteiger partial charge in [0.25, 0.3) is 5.91 Å². The van der Waals surface area contributed by atoms with Crippen molar-refractivity contribution in [2.45, 2.75) is 32.4 Å². The summed E-state index contributed by atoms with van der Waals surface area (Å²) < 4.78 is 0. The van der Waals surface area contributed by atoms with E-state index in [4.69, 9.17) is 0 Å². The number of para-hydroxylation sites is 1. The van der Waals surface area contributed by atoms with Crippen molar-refractivity contribution in [3.63, 3.8) is 0 Å². The molecule has 3 N–H and O–H groups in total. The van der Waals surface area contributed by atoms with Gasteiger partial charge in [0.2, 0.25) is 17.4 Å². The van der Waals surface area contributed by atoms with E-state index in [1.807, 2.05) is 43.4 Å². The van der Waals surface area contributed by atoms with E-state index in [0.29, 0.717) is 16.9 Å². The number of nitrogens with two attached hydrogens (primary N) is 1. The predicted octanol–water partition coefficient (Wildman–Crippen LogP) is 1.44. The molecule has 4 atom stereocenters. The van der Waals surface area contributed by atoms with Crippen molar-refractivity contribution in [2.24, 2.45) is 17.8 Å². The molecule has 2 saturated heterocycles. The summed E-state index contributed by atoms with van der Waals surface area (Å²) in [6, 6.07) is 13.7. The Kier molecular flexibility index (Phi) is 4.17. The van der Waals surface area contributed by atoms with E-state index < -0.39 is 17.4 Å². The van der Waals surface area contributed by atoms with Crippen LogP contribution in [0.2, 0.25) is 0 Å². The van der Waals surface area contributed by atoms with Crippen LogP contribution in [0.3, 0.4) is 0 Å². The Morgan fingerprint density at radius 3 is 2.35 bits per heavy atom. The Hall–Kier alpha value is -3.32. The van der Waals surface area contributed by atoms with E-state index in [2.05, 4.69) is 5.32 Å². The number of hydrogen-bond donors (Lipinski definition) is 2. The van der Waals surface area contributed by atoms with Gasteiger partial charge in [-0.2, -0.15) is 0 Å². The van der Waals surface area contributed by atoms with Crippen LogP contribution in [-0.4, -0.2) is 29.5 Å². The molecule has 0 saturated carbocycles. The van der Waals surface area contributed by atoms with Crippen LogP contribution in [0.25, 0.3) is 0 Å². The maximum absolute atomic E-state index is 13.7. The normalized spacial score (nSPS) is 29.0. The largest absolute Gasteiger partial charge is 0.326 e. The van der Waals surface area contributed by atoms with Crippen LogP contribution in [0.1, 0.15) is 36.7 Å². The predicted molar refractivity (Wildman–Crippen MR) is 113 cm³/mol. The number of ketones is 1. The number of hydrogen-bond acceptors (Lipinski definition) is 4. The fourth-order valence-corrected chi connectivity index (χ4v) is 5.55. The van der Waals surface area contributed by atoms with E-state index in [1.54, 1.807) is 24.3 Å². The minimum Gasteiger partial charge on any atom is -0.326 e. The number of rotatable bonds is 3. The molecule has 2 fully saturated rings. The molecule has 31 heavy (non-hydrogen) atoms. The maximum atomic E-state index is 13.7. The fraction of sp³-hybridized carbons (Fsp3) is 0.333. The zero-order valence-corrected chi connectivity index (χ0v) is 17.6. The summed E-state index contributed by atoms with van der Waals surface area (Å²) in [4.78, 5) is 53.5. The van der Waals surface area contributed by atoms with Gasteiger partial charge in [0.15, 0.2) is 5.78 Å². The molecule has 3 amide bonds. The lowest BCUT2D eigenvalue weighted by atomic mass is 9.76. The Bertz CT molecular complexity index is 1140. The average Bonchev–Trinajstić information content (AvgIpc) is 3.33. The van der Waals surface area contributed by atoms with Gasteiger partial charge in [-0.15, -0.1) is 0 Å². The van der Waals surface area contributed by atoms with E-state index in [9.17, 15) is 19.2 Å². The summed E-state index contributed by atoms with van der Waals surface area (Å²) in [5.74, 6) is -2.28. The van der Waals surface area contributed by atoms with Crippen LogP contribution >= 0.6 is 0 Å². The number of Topliss-reactive ketones (excluding diaryl/α,β-unsaturated/α-hetero) is 1. The average molecular weight is 418 g/mol. The van der Waals surface area contributed by atoms with Crippen molar-refractivity contribution in [3.8, 4) is 0 Å². The van der Waals surface area contributed by atoms with E-state index in [0.717, 1.165) is 5.56 Å². The van der Waals surface area contributed by atoms with Gasteiger partial charge in [-0.25, -0.2) is 4.90 Å². The monoisotopic (exact) mass is 418 g/mol. The Morgan fingerprint density at radius 2 is 1.71 bits per heavy atom. The molecule has 1 spiro atoms. The van der Waals surface area contributed by atoms with Gasteiger partial charge in [-0.05, 0) is 37.3 Å². The van der Waals surface area contributed by atoms with Crippen molar-refractivity contribution in [3.05, 3.63) is 59.7 Å². The first-order valence-corrected chi connectivity index (χ1v) is 10.5. The summed E-state index contributed by atoms with van der Waals surface area (Å²) in [7, 11) is 0. The van der Waals surface area contributed by atoms with Gasteiger partial charge < -0.3 is 10.6 Å². The highest BCUT2D eigenvalue weighted by atomic mass is 16.2. The SMILES string of the molecule is CC(=O)c1ccc(N2C(=O)[C@@H]3[C@@H](C(C)C)[NH2+][C@]4(C(=O)Nc5ccccc54)[C@H]3C2=O)cc1. The van der Waals surface area contributed by atoms with Crippen molar-refractivity contribution in [1.29, 1.82) is 0 Å². The molecule has 3 aliphatic heterocycles. The number of carbonyl (C=O) groups is 4. The van der Waals surface area contributed by atoms with Gasteiger partial charge >= 0.3 is 0 Å². The number of amides is 3. The van der Waals surface area contributed by atoms with Crippen LogP contribution in [-0.2, 0) is 19.9 Å². The van der Waals surface area contributed by atoms with Crippen LogP contribution in [0.15, 0.2) is 48.5 Å². The van der Waals surface area contributed by atoms with E-state index in [1.165, 1.54) is 11.8 Å². The summed E-state index contributed by atoms with van der Waals surface area (Å²) in [5, 5.41) is 4.87. The van der Waals surface area contributed by atoms with Gasteiger partial charge in [-0.3, -0.25) is 19.2 Å². The number of fused-ring (bicyclic) bond motifs is 4. The lowest BCUT2D eigenvalue weighted by Crippen LogP contribution is -2.99. The molecule has 158 valence electrons. The number of nitrogens with zero attached hydrogens (tertiary/aromatic N) is 1. The van der Waals surface area contributed by atoms with Gasteiger partial charge in [0, 0.05) is 17.0 Å². The molecular formula is C24H24N3O4+. The van der Waals surface area contributed by atoms with Crippen molar-refractivity contribution in [1.82, 2.24) is 0 Å². The third-order valence-electron chi connectivity index (χ3n) is 7.01. The highest BCUT2D eigenvalue weighted by molar-refractivity contribution is 6.25. The second kappa shape index (κ2) is 6.59. The van der Waals surface area contributed by atoms with E-state index in [-0.39, 0.29) is 35.5 Å². The molecule has 5 rings (SSSR count). The van der Waals surface area contributed by atoms with Gasteiger partial charge in [0.1, 0.15) is 17.9 Å². The molecule has 2 aromatic carbocycles. The zero-order valence-electron chi connectivity index (χ0n) is 17.6. The second-order valence-corrected chi connectivity index (χ2v) is 8.98. The molecule has 0 aliphatic carbocycles. The number of quaternary nitrogens is 1. The zero-order chi connectivity index (χ0) is 22.1. The van der Waals surface area contributed by atoms with E-state index >= 15 is 0 Å². The number of anilines is 2. The highest BCUT2D eigenvalue weighted by Gasteiger charge is 2.74. The first-order valence-electron chi connectivity index (χ1n) is 10.5. The van der Waals surface area contributed by atoms with Crippen LogP contribution in [0.5, 0.6) is 0 Å². The standard InChI is InChI=1S/C24H23N3O4/c1-12(2)20-18-19(24(26-20)16-6-4-5-7-17(16)25-23(24)31)22(30)27(21(18)29)15-10-8-14(9-11-15)13(3)28/h4-12,18-20,26H,1-3H3,(H,25,31)/p+1/t18-,19+,20+,24-/m0/s1. The molecule has 0 bridgehead atoms. The lowest BCUT2D eigenvalue weighted by molar-refractivity contribution is -0.738. The van der Waals surface area contributed by atoms with Crippen LogP contribution < -0.4 is 15.5 Å². The first-order chi connectivity index (χ1) is 14.8. The number of benzene rings is 2. The molecule has 7 nitrogen and oxygen atoms in total. The third kappa shape index (κ3) is 2.50. The second-order valence-electron chi connectivity index (χ2n) is 8.98. The van der Waals surface area contributed by atoms with Crippen LogP contribution in [0, 0.1) is 17.8 Å². The topological polar surface area (TPSA) is 100 Å². The minimum absolute atomic E-state index is 0.0872. The molecule has 0 unspecified atom stereocenters. The summed E-state index contributed by atoms with van der Waals surface area (Å²) in [5.41, 5.74) is 1.23. The summed E-state index contributed by atoms with van der Waals surface area (Å²) in [6.45, 7) is 5.49. The van der Waals surface area contributed by atoms with Crippen molar-refractivity contribution >= 4 is 34.9 Å². The highest BCUT2D eigenvalue weighted by Crippen LogP contribution is 2.50. The minimum atomic E-state index is -1.16. The Morgan fingerprint density at radius 1 is 1.03 bits per heavy atom. The van der Waals surface area contributed by atoms with Crippen molar-refractivity contribution < 1.29 is 24.5 Å². The smallest absolute Gasteiger partial charge is 0.291 e. The molecular weight excluding hydrogens is 394 g/mol. The summed E-state index contributed by atoms with van der Waals surface area (Å²) >= 11 is 0. The maximum Gasteiger partial charge on any atom is 0.291 e. The summed E-state index contributed by atoms with van der Waals surface area (Å²) in [6.07, 6.45) is 0. The number of nitrogens with one attached hydrogen (secondary N) is 1.